The molecule has 6 nitrogen and oxygen atoms in total. The molecule has 0 radical (unpaired) electrons. The van der Waals surface area contributed by atoms with Crippen LogP contribution in [0, 0.1) is 0 Å². The molecule has 0 aliphatic rings. The van der Waals surface area contributed by atoms with Crippen LogP contribution in [0.4, 0.5) is 5.82 Å². The van der Waals surface area contributed by atoms with Gasteiger partial charge >= 0.3 is 5.97 Å². The molecule has 0 bridgehead atoms. The lowest BCUT2D eigenvalue weighted by Gasteiger charge is -1.94. The molecular weight excluding hydrogens is 198 g/mol. The molecule has 0 unspecified atom stereocenters. The highest BCUT2D eigenvalue weighted by atomic mass is 16.4. The maximum atomic E-state index is 10.5. The molecule has 0 saturated carbocycles. The van der Waals surface area contributed by atoms with Crippen molar-refractivity contribution in [2.24, 2.45) is 0 Å². The topological polar surface area (TPSA) is 102 Å². The number of oxazole rings is 1. The number of nitrogen functional groups attached to an aromatic ring is 1. The van der Waals surface area contributed by atoms with E-state index in [1.807, 2.05) is 0 Å². The van der Waals surface area contributed by atoms with Gasteiger partial charge in [0.2, 0.25) is 5.89 Å². The first-order chi connectivity index (χ1) is 7.16. The van der Waals surface area contributed by atoms with Gasteiger partial charge in [-0.05, 0) is 12.1 Å². The van der Waals surface area contributed by atoms with Gasteiger partial charge in [-0.1, -0.05) is 6.07 Å². The van der Waals surface area contributed by atoms with Gasteiger partial charge in [0.15, 0.2) is 5.69 Å². The molecule has 76 valence electrons. The van der Waals surface area contributed by atoms with E-state index in [0.717, 1.165) is 6.26 Å². The van der Waals surface area contributed by atoms with Crippen molar-refractivity contribution in [3.8, 4) is 11.6 Å². The van der Waals surface area contributed by atoms with Crippen LogP contribution in [0.3, 0.4) is 0 Å². The number of aromatic carboxylic acids is 1. The van der Waals surface area contributed by atoms with Crippen molar-refractivity contribution >= 4 is 11.8 Å². The number of nitrogens with zero attached hydrogens (tertiary/aromatic N) is 2. The van der Waals surface area contributed by atoms with Gasteiger partial charge in [0.05, 0.1) is 0 Å². The lowest BCUT2D eigenvalue weighted by atomic mass is 10.3. The standard InChI is InChI=1S/C9H7N3O3/c10-7-3-1-2-5(11-7)8-12-6(4-15-8)9(13)14/h1-4H,(H2,10,11)(H,13,14). The third kappa shape index (κ3) is 1.78. The van der Waals surface area contributed by atoms with Crippen molar-refractivity contribution < 1.29 is 14.3 Å². The lowest BCUT2D eigenvalue weighted by Crippen LogP contribution is -1.96. The average molecular weight is 205 g/mol. The van der Waals surface area contributed by atoms with Gasteiger partial charge in [0.25, 0.3) is 0 Å². The van der Waals surface area contributed by atoms with Crippen LogP contribution in [0.1, 0.15) is 10.5 Å². The van der Waals surface area contributed by atoms with Gasteiger partial charge in [-0.2, -0.15) is 0 Å². The predicted molar refractivity (Wildman–Crippen MR) is 51.1 cm³/mol. The number of rotatable bonds is 2. The van der Waals surface area contributed by atoms with Crippen molar-refractivity contribution in [2.45, 2.75) is 0 Å². The summed E-state index contributed by atoms with van der Waals surface area (Å²) < 4.78 is 4.96. The van der Waals surface area contributed by atoms with Crippen molar-refractivity contribution in [3.05, 3.63) is 30.2 Å². The Bertz CT molecular complexity index is 507. The first-order valence-electron chi connectivity index (χ1n) is 4.08. The van der Waals surface area contributed by atoms with E-state index in [1.54, 1.807) is 18.2 Å². The number of carboxylic acids is 1. The number of pyridine rings is 1. The molecule has 2 rings (SSSR count). The molecule has 0 aliphatic carbocycles. The van der Waals surface area contributed by atoms with Gasteiger partial charge in [-0.15, -0.1) is 0 Å². The minimum absolute atomic E-state index is 0.139. The second-order valence-electron chi connectivity index (χ2n) is 2.79. The van der Waals surface area contributed by atoms with Crippen LogP contribution in [0.25, 0.3) is 11.6 Å². The monoisotopic (exact) mass is 205 g/mol. The third-order valence-corrected chi connectivity index (χ3v) is 1.71. The number of nitrogens with two attached hydrogens (primary N) is 1. The lowest BCUT2D eigenvalue weighted by molar-refractivity contribution is 0.0690. The van der Waals surface area contributed by atoms with E-state index in [9.17, 15) is 4.79 Å². The summed E-state index contributed by atoms with van der Waals surface area (Å²) in [7, 11) is 0. The summed E-state index contributed by atoms with van der Waals surface area (Å²) in [5.74, 6) is -0.684. The molecule has 0 saturated heterocycles. The van der Waals surface area contributed by atoms with Crippen LogP contribution in [-0.4, -0.2) is 21.0 Å². The van der Waals surface area contributed by atoms with E-state index in [0.29, 0.717) is 11.5 Å². The van der Waals surface area contributed by atoms with Crippen LogP contribution < -0.4 is 5.73 Å². The van der Waals surface area contributed by atoms with Gasteiger partial charge in [-0.25, -0.2) is 14.8 Å². The Balaban J connectivity index is 2.41. The molecule has 6 heteroatoms. The zero-order valence-corrected chi connectivity index (χ0v) is 7.54. The molecule has 0 aromatic carbocycles. The highest BCUT2D eigenvalue weighted by Crippen LogP contribution is 2.16. The maximum absolute atomic E-state index is 10.5. The first-order valence-corrected chi connectivity index (χ1v) is 4.08. The normalized spacial score (nSPS) is 10.1. The first kappa shape index (κ1) is 9.20. The van der Waals surface area contributed by atoms with Crippen LogP contribution in [0.5, 0.6) is 0 Å². The summed E-state index contributed by atoms with van der Waals surface area (Å²) in [5.41, 5.74) is 5.71. The fourth-order valence-electron chi connectivity index (χ4n) is 1.06. The van der Waals surface area contributed by atoms with Crippen LogP contribution in [-0.2, 0) is 0 Å². The van der Waals surface area contributed by atoms with Crippen molar-refractivity contribution in [2.75, 3.05) is 5.73 Å². The SMILES string of the molecule is Nc1cccc(-c2nc(C(=O)O)co2)n1. The minimum atomic E-state index is -1.14. The summed E-state index contributed by atoms with van der Waals surface area (Å²) in [6.45, 7) is 0. The maximum Gasteiger partial charge on any atom is 0.357 e. The van der Waals surface area contributed by atoms with E-state index >= 15 is 0 Å². The molecule has 0 fully saturated rings. The molecule has 2 aromatic rings. The second kappa shape index (κ2) is 3.41. The summed E-state index contributed by atoms with van der Waals surface area (Å²) in [6, 6.07) is 4.93. The fraction of sp³-hybridized carbons (Fsp3) is 0. The average Bonchev–Trinajstić information content (AvgIpc) is 2.66. The largest absolute Gasteiger partial charge is 0.476 e. The van der Waals surface area contributed by atoms with Crippen LogP contribution in [0.15, 0.2) is 28.9 Å². The van der Waals surface area contributed by atoms with E-state index in [1.165, 1.54) is 0 Å². The Labute approximate surface area is 84.4 Å². The summed E-state index contributed by atoms with van der Waals surface area (Å²) in [4.78, 5) is 18.2. The van der Waals surface area contributed by atoms with Crippen LogP contribution >= 0.6 is 0 Å². The predicted octanol–water partition coefficient (Wildman–Crippen LogP) is 1.02. The van der Waals surface area contributed by atoms with Gasteiger partial charge in [0, 0.05) is 0 Å². The Morgan fingerprint density at radius 2 is 2.20 bits per heavy atom. The number of aromatic nitrogens is 2. The number of carboxylic acid groups (broad SMARTS) is 1. The molecule has 2 aromatic heterocycles. The van der Waals surface area contributed by atoms with Crippen molar-refractivity contribution in [1.82, 2.24) is 9.97 Å². The van der Waals surface area contributed by atoms with Gasteiger partial charge < -0.3 is 15.3 Å². The molecule has 0 atom stereocenters. The van der Waals surface area contributed by atoms with E-state index in [2.05, 4.69) is 9.97 Å². The summed E-state index contributed by atoms with van der Waals surface area (Å²) in [6.07, 6.45) is 1.06. The highest BCUT2D eigenvalue weighted by Gasteiger charge is 2.12. The minimum Gasteiger partial charge on any atom is -0.476 e. The van der Waals surface area contributed by atoms with Gasteiger partial charge in [-0.3, -0.25) is 0 Å². The van der Waals surface area contributed by atoms with E-state index in [4.69, 9.17) is 15.3 Å². The fourth-order valence-corrected chi connectivity index (χ4v) is 1.06. The number of carbonyl (C=O) groups is 1. The van der Waals surface area contributed by atoms with Crippen LogP contribution in [0.2, 0.25) is 0 Å². The molecule has 15 heavy (non-hydrogen) atoms. The van der Waals surface area contributed by atoms with Crippen molar-refractivity contribution in [1.29, 1.82) is 0 Å². The Morgan fingerprint density at radius 1 is 1.40 bits per heavy atom. The second-order valence-corrected chi connectivity index (χ2v) is 2.79. The van der Waals surface area contributed by atoms with E-state index in [-0.39, 0.29) is 11.6 Å². The van der Waals surface area contributed by atoms with Gasteiger partial charge in [0.1, 0.15) is 17.8 Å². The number of hydrogen-bond donors (Lipinski definition) is 2. The van der Waals surface area contributed by atoms with Crippen molar-refractivity contribution in [3.63, 3.8) is 0 Å². The quantitative estimate of drug-likeness (QED) is 0.758. The Hall–Kier alpha value is -2.37. The zero-order valence-electron chi connectivity index (χ0n) is 7.54. The summed E-state index contributed by atoms with van der Waals surface area (Å²) >= 11 is 0. The molecular formula is C9H7N3O3. The Kier molecular flexibility index (Phi) is 2.09. The molecule has 0 aliphatic heterocycles. The Morgan fingerprint density at radius 3 is 2.80 bits per heavy atom. The van der Waals surface area contributed by atoms with E-state index < -0.39 is 5.97 Å². The molecule has 0 spiro atoms. The number of anilines is 1. The third-order valence-electron chi connectivity index (χ3n) is 1.71. The highest BCUT2D eigenvalue weighted by molar-refractivity contribution is 5.85. The smallest absolute Gasteiger partial charge is 0.357 e. The number of hydrogen-bond acceptors (Lipinski definition) is 5. The summed E-state index contributed by atoms with van der Waals surface area (Å²) in [5, 5.41) is 8.63. The molecule has 0 amide bonds. The molecule has 2 heterocycles. The zero-order chi connectivity index (χ0) is 10.8. The molecule has 3 N–H and O–H groups in total.